The zero-order chi connectivity index (χ0) is 10.7. The van der Waals surface area contributed by atoms with Gasteiger partial charge in [-0.25, -0.2) is 8.78 Å². The summed E-state index contributed by atoms with van der Waals surface area (Å²) in [6.07, 6.45) is 0.506. The van der Waals surface area contributed by atoms with Gasteiger partial charge in [-0.05, 0) is 30.0 Å². The Kier molecular flexibility index (Phi) is 3.58. The summed E-state index contributed by atoms with van der Waals surface area (Å²) in [5.41, 5.74) is 6.42. The van der Waals surface area contributed by atoms with E-state index in [9.17, 15) is 8.78 Å². The van der Waals surface area contributed by atoms with E-state index >= 15 is 0 Å². The van der Waals surface area contributed by atoms with Crippen LogP contribution < -0.4 is 5.73 Å². The van der Waals surface area contributed by atoms with E-state index in [0.717, 1.165) is 6.07 Å². The van der Waals surface area contributed by atoms with Crippen molar-refractivity contribution in [3.63, 3.8) is 0 Å². The van der Waals surface area contributed by atoms with Crippen LogP contribution in [-0.2, 0) is 6.42 Å². The van der Waals surface area contributed by atoms with E-state index in [1.807, 2.05) is 13.8 Å². The van der Waals surface area contributed by atoms with Gasteiger partial charge in [0.2, 0.25) is 0 Å². The molecule has 1 atom stereocenters. The molecular weight excluding hydrogens is 184 g/mol. The molecule has 0 heterocycles. The molecule has 2 N–H and O–H groups in total. The molecule has 0 saturated heterocycles. The van der Waals surface area contributed by atoms with E-state index in [4.69, 9.17) is 5.73 Å². The minimum atomic E-state index is -0.545. The molecule has 3 heteroatoms. The van der Waals surface area contributed by atoms with Gasteiger partial charge < -0.3 is 5.73 Å². The third-order valence-corrected chi connectivity index (χ3v) is 2.25. The van der Waals surface area contributed by atoms with Crippen molar-refractivity contribution in [1.29, 1.82) is 0 Å². The van der Waals surface area contributed by atoms with Crippen LogP contribution in [0.5, 0.6) is 0 Å². The molecular formula is C11H15F2N. The Hall–Kier alpha value is -0.960. The summed E-state index contributed by atoms with van der Waals surface area (Å²) in [7, 11) is 0. The summed E-state index contributed by atoms with van der Waals surface area (Å²) in [6, 6.07) is 3.46. The van der Waals surface area contributed by atoms with E-state index < -0.39 is 11.6 Å². The van der Waals surface area contributed by atoms with E-state index in [1.165, 1.54) is 12.1 Å². The third-order valence-electron chi connectivity index (χ3n) is 2.25. The fraction of sp³-hybridized carbons (Fsp3) is 0.455. The summed E-state index contributed by atoms with van der Waals surface area (Å²) in [5, 5.41) is 0. The molecule has 1 aromatic rings. The largest absolute Gasteiger partial charge is 0.327 e. The van der Waals surface area contributed by atoms with Crippen LogP contribution in [0.15, 0.2) is 18.2 Å². The molecule has 1 nitrogen and oxygen atoms in total. The maximum Gasteiger partial charge on any atom is 0.126 e. The van der Waals surface area contributed by atoms with Crippen molar-refractivity contribution < 1.29 is 8.78 Å². The lowest BCUT2D eigenvalue weighted by molar-refractivity contribution is 0.487. The molecule has 1 aromatic carbocycles. The Bertz CT molecular complexity index is 290. The monoisotopic (exact) mass is 199 g/mol. The van der Waals surface area contributed by atoms with Crippen LogP contribution in [0, 0.1) is 17.6 Å². The van der Waals surface area contributed by atoms with Gasteiger partial charge in [0, 0.05) is 12.1 Å². The number of hydrogen-bond donors (Lipinski definition) is 1. The molecule has 0 aromatic heterocycles. The molecule has 0 aliphatic heterocycles. The molecule has 0 aliphatic rings. The van der Waals surface area contributed by atoms with Crippen molar-refractivity contribution in [2.75, 3.05) is 0 Å². The van der Waals surface area contributed by atoms with Crippen molar-refractivity contribution in [1.82, 2.24) is 0 Å². The Morgan fingerprint density at radius 1 is 1.14 bits per heavy atom. The lowest BCUT2D eigenvalue weighted by Crippen LogP contribution is -2.28. The lowest BCUT2D eigenvalue weighted by atomic mass is 9.97. The Morgan fingerprint density at radius 3 is 2.07 bits per heavy atom. The highest BCUT2D eigenvalue weighted by Crippen LogP contribution is 2.12. The fourth-order valence-electron chi connectivity index (χ4n) is 1.24. The van der Waals surface area contributed by atoms with Gasteiger partial charge in [0.05, 0.1) is 0 Å². The summed E-state index contributed by atoms with van der Waals surface area (Å²) in [6.45, 7) is 3.97. The first-order chi connectivity index (χ1) is 6.49. The van der Waals surface area contributed by atoms with Gasteiger partial charge in [0.1, 0.15) is 11.6 Å². The summed E-state index contributed by atoms with van der Waals surface area (Å²) < 4.78 is 25.6. The van der Waals surface area contributed by atoms with Crippen LogP contribution in [0.1, 0.15) is 19.4 Å². The standard InChI is InChI=1S/C11H15F2N/c1-7(2)11(14)5-8-3-9(12)6-10(13)4-8/h3-4,6-7,11H,5,14H2,1-2H3/t11-/m1/s1. The zero-order valence-electron chi connectivity index (χ0n) is 8.43. The highest BCUT2D eigenvalue weighted by molar-refractivity contribution is 5.18. The van der Waals surface area contributed by atoms with Crippen LogP contribution in [0.4, 0.5) is 8.78 Å². The van der Waals surface area contributed by atoms with E-state index in [0.29, 0.717) is 17.9 Å². The quantitative estimate of drug-likeness (QED) is 0.795. The summed E-state index contributed by atoms with van der Waals surface area (Å²) in [5.74, 6) is -0.784. The molecule has 78 valence electrons. The predicted octanol–water partition coefficient (Wildman–Crippen LogP) is 2.49. The van der Waals surface area contributed by atoms with Crippen LogP contribution in [0.3, 0.4) is 0 Å². The van der Waals surface area contributed by atoms with Crippen molar-refractivity contribution in [2.24, 2.45) is 11.7 Å². The maximum absolute atomic E-state index is 12.8. The smallest absolute Gasteiger partial charge is 0.126 e. The van der Waals surface area contributed by atoms with Crippen molar-refractivity contribution in [3.8, 4) is 0 Å². The maximum atomic E-state index is 12.8. The zero-order valence-corrected chi connectivity index (χ0v) is 8.43. The number of benzene rings is 1. The van der Waals surface area contributed by atoms with E-state index in [2.05, 4.69) is 0 Å². The van der Waals surface area contributed by atoms with Gasteiger partial charge in [-0.3, -0.25) is 0 Å². The molecule has 14 heavy (non-hydrogen) atoms. The fourth-order valence-corrected chi connectivity index (χ4v) is 1.24. The van der Waals surface area contributed by atoms with Gasteiger partial charge >= 0.3 is 0 Å². The highest BCUT2D eigenvalue weighted by Gasteiger charge is 2.09. The van der Waals surface area contributed by atoms with Crippen molar-refractivity contribution in [3.05, 3.63) is 35.4 Å². The molecule has 0 amide bonds. The number of rotatable bonds is 3. The predicted molar refractivity (Wildman–Crippen MR) is 52.9 cm³/mol. The Labute approximate surface area is 82.9 Å². The van der Waals surface area contributed by atoms with Crippen LogP contribution in [0.2, 0.25) is 0 Å². The molecule has 0 unspecified atom stereocenters. The number of nitrogens with two attached hydrogens (primary N) is 1. The molecule has 1 rings (SSSR count). The van der Waals surface area contributed by atoms with Gasteiger partial charge in [-0.15, -0.1) is 0 Å². The van der Waals surface area contributed by atoms with E-state index in [-0.39, 0.29) is 6.04 Å². The summed E-state index contributed by atoms with van der Waals surface area (Å²) in [4.78, 5) is 0. The number of hydrogen-bond acceptors (Lipinski definition) is 1. The topological polar surface area (TPSA) is 26.0 Å². The first kappa shape index (κ1) is 11.1. The minimum absolute atomic E-state index is 0.0591. The first-order valence-corrected chi connectivity index (χ1v) is 4.69. The van der Waals surface area contributed by atoms with Gasteiger partial charge in [0.15, 0.2) is 0 Å². The molecule has 0 aliphatic carbocycles. The Morgan fingerprint density at radius 2 is 1.64 bits per heavy atom. The molecule has 0 fully saturated rings. The van der Waals surface area contributed by atoms with Crippen molar-refractivity contribution in [2.45, 2.75) is 26.3 Å². The number of halogens is 2. The van der Waals surface area contributed by atoms with Crippen molar-refractivity contribution >= 4 is 0 Å². The van der Waals surface area contributed by atoms with Gasteiger partial charge in [-0.2, -0.15) is 0 Å². The molecule has 0 radical (unpaired) electrons. The SMILES string of the molecule is CC(C)[C@H](N)Cc1cc(F)cc(F)c1. The molecule has 0 bridgehead atoms. The van der Waals surface area contributed by atoms with E-state index in [1.54, 1.807) is 0 Å². The van der Waals surface area contributed by atoms with Gasteiger partial charge in [-0.1, -0.05) is 13.8 Å². The lowest BCUT2D eigenvalue weighted by Gasteiger charge is -2.15. The minimum Gasteiger partial charge on any atom is -0.327 e. The summed E-state index contributed by atoms with van der Waals surface area (Å²) >= 11 is 0. The first-order valence-electron chi connectivity index (χ1n) is 4.69. The Balaban J connectivity index is 2.76. The second kappa shape index (κ2) is 4.51. The highest BCUT2D eigenvalue weighted by atomic mass is 19.1. The average Bonchev–Trinajstić information content (AvgIpc) is 2.01. The molecule has 0 saturated carbocycles. The second-order valence-corrected chi connectivity index (χ2v) is 3.89. The average molecular weight is 199 g/mol. The van der Waals surface area contributed by atoms with Crippen LogP contribution in [0.25, 0.3) is 0 Å². The molecule has 0 spiro atoms. The van der Waals surface area contributed by atoms with Gasteiger partial charge in [0.25, 0.3) is 0 Å². The third kappa shape index (κ3) is 3.07. The van der Waals surface area contributed by atoms with Crippen LogP contribution in [-0.4, -0.2) is 6.04 Å². The second-order valence-electron chi connectivity index (χ2n) is 3.89. The normalized spacial score (nSPS) is 13.3. The van der Waals surface area contributed by atoms with Crippen LogP contribution >= 0.6 is 0 Å².